The zero-order valence-electron chi connectivity index (χ0n) is 30.5. The fourth-order valence-electron chi connectivity index (χ4n) is 3.79. The van der Waals surface area contributed by atoms with E-state index in [2.05, 4.69) is 11.3 Å². The predicted molar refractivity (Wildman–Crippen MR) is 183 cm³/mol. The smallest absolute Gasteiger partial charge is 0.411 e. The summed E-state index contributed by atoms with van der Waals surface area (Å²) in [5, 5.41) is 33.4. The molecular weight excluding hydrogens is 681 g/mol. The number of rotatable bonds is 31. The zero-order chi connectivity index (χ0) is 38.7. The zero-order valence-corrected chi connectivity index (χ0v) is 30.5. The molecule has 0 amide bonds. The molecule has 15 heteroatoms. The van der Waals surface area contributed by atoms with E-state index in [0.717, 1.165) is 77.6 Å². The van der Waals surface area contributed by atoms with E-state index in [1.165, 1.54) is 6.26 Å². The highest BCUT2D eigenvalue weighted by atomic mass is 19.4. The lowest BCUT2D eigenvalue weighted by Gasteiger charge is -2.07. The molecule has 306 valence electrons. The van der Waals surface area contributed by atoms with Crippen molar-refractivity contribution in [3.05, 3.63) is 12.8 Å². The first-order valence-electron chi connectivity index (χ1n) is 17.8. The standard InChI is InChI=1S/C9H16F4O2.C9H19FO2.C9H17FO2.C8H17FO2/c10-8(6-14)4-2-1-3-5-15-7-9(11,12)13;2*1-2-12-7-5-3-4-6-9(10)8-11;1-11-6-4-2-3-5-8(9)7-10/h8,14H,1-7H2;9,11H,2-8H2,1H3;2,9,11H,1,3-8H2;8,10H,2-7H2,1H3. The maximum atomic E-state index is 12.4. The van der Waals surface area contributed by atoms with Crippen LogP contribution in [-0.2, 0) is 18.9 Å². The molecule has 4 atom stereocenters. The van der Waals surface area contributed by atoms with Crippen LogP contribution in [0.4, 0.5) is 30.7 Å². The fraction of sp³-hybridized carbons (Fsp3) is 0.943. The SMILES string of the molecule is C=COCCCCCC(F)CO.CCOCCCCCC(F)CO.COCCCCCC(F)CO.OCC(F)CCCCCOCC(F)(F)F. The van der Waals surface area contributed by atoms with E-state index in [1.54, 1.807) is 7.11 Å². The van der Waals surface area contributed by atoms with Gasteiger partial charge < -0.3 is 39.4 Å². The second kappa shape index (κ2) is 45.8. The van der Waals surface area contributed by atoms with Gasteiger partial charge in [0, 0.05) is 33.5 Å². The molecule has 0 aromatic rings. The van der Waals surface area contributed by atoms with Gasteiger partial charge in [-0.25, -0.2) is 17.6 Å². The van der Waals surface area contributed by atoms with E-state index in [1.807, 2.05) is 6.92 Å². The van der Waals surface area contributed by atoms with Gasteiger partial charge in [-0.1, -0.05) is 51.5 Å². The topological polar surface area (TPSA) is 118 Å². The molecule has 0 saturated carbocycles. The molecule has 0 radical (unpaired) electrons. The summed E-state index contributed by atoms with van der Waals surface area (Å²) in [6.07, 6.45) is 4.37. The Bertz CT molecular complexity index is 626. The highest BCUT2D eigenvalue weighted by Gasteiger charge is 2.27. The Morgan fingerprint density at radius 2 is 0.880 bits per heavy atom. The fourth-order valence-corrected chi connectivity index (χ4v) is 3.79. The normalized spacial score (nSPS) is 13.4. The van der Waals surface area contributed by atoms with Gasteiger partial charge in [0.1, 0.15) is 31.3 Å². The van der Waals surface area contributed by atoms with Crippen molar-refractivity contribution >= 4 is 0 Å². The first kappa shape index (κ1) is 55.5. The summed E-state index contributed by atoms with van der Waals surface area (Å²) in [6, 6.07) is 0. The van der Waals surface area contributed by atoms with E-state index in [4.69, 9.17) is 34.6 Å². The maximum Gasteiger partial charge on any atom is 0.411 e. The monoisotopic (exact) mass is 750 g/mol. The third kappa shape index (κ3) is 58.9. The number of methoxy groups -OCH3 is 1. The minimum Gasteiger partial charge on any atom is -0.502 e. The van der Waals surface area contributed by atoms with Crippen molar-refractivity contribution < 1.29 is 70.1 Å². The third-order valence-corrected chi connectivity index (χ3v) is 6.64. The average molecular weight is 751 g/mol. The van der Waals surface area contributed by atoms with Crippen molar-refractivity contribution in [1.82, 2.24) is 0 Å². The lowest BCUT2D eigenvalue weighted by atomic mass is 10.1. The molecule has 4 N–H and O–H groups in total. The van der Waals surface area contributed by atoms with Gasteiger partial charge in [-0.2, -0.15) is 13.2 Å². The average Bonchev–Trinajstić information content (AvgIpc) is 3.10. The molecule has 0 saturated heterocycles. The summed E-state index contributed by atoms with van der Waals surface area (Å²) in [6.45, 7) is 5.56. The summed E-state index contributed by atoms with van der Waals surface area (Å²) < 4.78 is 104. The Morgan fingerprint density at radius 3 is 1.18 bits per heavy atom. The number of alkyl halides is 7. The van der Waals surface area contributed by atoms with Crippen molar-refractivity contribution in [1.29, 1.82) is 0 Å². The second-order valence-electron chi connectivity index (χ2n) is 11.4. The van der Waals surface area contributed by atoms with Crippen LogP contribution >= 0.6 is 0 Å². The molecule has 0 spiro atoms. The Hall–Kier alpha value is -1.23. The summed E-state index contributed by atoms with van der Waals surface area (Å²) in [5.41, 5.74) is 0. The van der Waals surface area contributed by atoms with Crippen LogP contribution in [0.1, 0.15) is 110 Å². The molecule has 0 heterocycles. The maximum absolute atomic E-state index is 12.4. The van der Waals surface area contributed by atoms with Gasteiger partial charge in [-0.15, -0.1) is 0 Å². The Labute approximate surface area is 296 Å². The van der Waals surface area contributed by atoms with Crippen molar-refractivity contribution in [3.63, 3.8) is 0 Å². The van der Waals surface area contributed by atoms with Gasteiger partial charge >= 0.3 is 6.18 Å². The second-order valence-corrected chi connectivity index (χ2v) is 11.4. The molecule has 8 nitrogen and oxygen atoms in total. The van der Waals surface area contributed by atoms with Crippen molar-refractivity contribution in [2.45, 2.75) is 141 Å². The summed E-state index contributed by atoms with van der Waals surface area (Å²) >= 11 is 0. The van der Waals surface area contributed by atoms with Gasteiger partial charge in [-0.05, 0) is 64.7 Å². The third-order valence-electron chi connectivity index (χ3n) is 6.64. The molecule has 0 aliphatic heterocycles. The van der Waals surface area contributed by atoms with Crippen molar-refractivity contribution in [2.24, 2.45) is 0 Å². The molecule has 50 heavy (non-hydrogen) atoms. The molecule has 0 fully saturated rings. The van der Waals surface area contributed by atoms with Crippen LogP contribution in [0.5, 0.6) is 0 Å². The van der Waals surface area contributed by atoms with Crippen LogP contribution in [0.2, 0.25) is 0 Å². The number of aliphatic hydroxyl groups excluding tert-OH is 4. The van der Waals surface area contributed by atoms with Crippen LogP contribution in [0.3, 0.4) is 0 Å². The summed E-state index contributed by atoms with van der Waals surface area (Å²) in [5.74, 6) is 0. The van der Waals surface area contributed by atoms with E-state index >= 15 is 0 Å². The number of halogens is 7. The van der Waals surface area contributed by atoms with Gasteiger partial charge in [0.15, 0.2) is 0 Å². The number of ether oxygens (including phenoxy) is 4. The van der Waals surface area contributed by atoms with Gasteiger partial charge in [0.25, 0.3) is 0 Å². The van der Waals surface area contributed by atoms with Crippen LogP contribution in [0.25, 0.3) is 0 Å². The number of unbranched alkanes of at least 4 members (excludes halogenated alkanes) is 8. The van der Waals surface area contributed by atoms with E-state index in [9.17, 15) is 30.7 Å². The van der Waals surface area contributed by atoms with E-state index in [0.29, 0.717) is 45.1 Å². The summed E-state index contributed by atoms with van der Waals surface area (Å²) in [7, 11) is 1.66. The van der Waals surface area contributed by atoms with Crippen molar-refractivity contribution in [2.75, 3.05) is 73.2 Å². The van der Waals surface area contributed by atoms with Crippen LogP contribution in [0.15, 0.2) is 12.8 Å². The molecule has 0 bridgehead atoms. The van der Waals surface area contributed by atoms with Gasteiger partial charge in [0.05, 0.1) is 39.3 Å². The Balaban J connectivity index is -0.000000284. The number of hydrogen-bond acceptors (Lipinski definition) is 8. The molecular formula is C35H69F7O8. The Morgan fingerprint density at radius 1 is 0.540 bits per heavy atom. The largest absolute Gasteiger partial charge is 0.502 e. The number of hydrogen-bond donors (Lipinski definition) is 4. The van der Waals surface area contributed by atoms with Gasteiger partial charge in [0.2, 0.25) is 0 Å². The molecule has 0 rings (SSSR count). The molecule has 0 aromatic carbocycles. The van der Waals surface area contributed by atoms with Crippen LogP contribution in [-0.4, -0.2) is 124 Å². The highest BCUT2D eigenvalue weighted by molar-refractivity contribution is 4.56. The molecule has 0 aliphatic carbocycles. The van der Waals surface area contributed by atoms with Crippen molar-refractivity contribution in [3.8, 4) is 0 Å². The van der Waals surface area contributed by atoms with E-state index < -0.39 is 44.1 Å². The highest BCUT2D eigenvalue weighted by Crippen LogP contribution is 2.15. The predicted octanol–water partition coefficient (Wildman–Crippen LogP) is 7.93. The summed E-state index contributed by atoms with van der Waals surface area (Å²) in [4.78, 5) is 0. The van der Waals surface area contributed by atoms with Crippen LogP contribution in [0, 0.1) is 0 Å². The molecule has 4 unspecified atom stereocenters. The van der Waals surface area contributed by atoms with E-state index in [-0.39, 0.29) is 32.8 Å². The first-order chi connectivity index (χ1) is 23.9. The number of aliphatic hydroxyl groups is 4. The van der Waals surface area contributed by atoms with Gasteiger partial charge in [-0.3, -0.25) is 0 Å². The Kier molecular flexibility index (Phi) is 50.9. The minimum atomic E-state index is -4.28. The quantitative estimate of drug-likeness (QED) is 0.0321. The molecule has 0 aliphatic rings. The lowest BCUT2D eigenvalue weighted by Crippen LogP contribution is -2.17. The lowest BCUT2D eigenvalue weighted by molar-refractivity contribution is -0.174. The molecule has 0 aromatic heterocycles. The minimum absolute atomic E-state index is 0.0373. The van der Waals surface area contributed by atoms with Crippen LogP contribution < -0.4 is 0 Å². The first-order valence-corrected chi connectivity index (χ1v) is 17.8.